The van der Waals surface area contributed by atoms with Gasteiger partial charge in [0.1, 0.15) is 6.17 Å². The number of rotatable bonds is 6. The molecule has 0 aromatic carbocycles. The molecule has 2 heterocycles. The van der Waals surface area contributed by atoms with Crippen LogP contribution in [0.3, 0.4) is 0 Å². The number of likely N-dealkylation sites (tertiary alicyclic amines) is 1. The topological polar surface area (TPSA) is 41.4 Å². The van der Waals surface area contributed by atoms with Crippen molar-refractivity contribution in [2.24, 2.45) is 7.05 Å². The van der Waals surface area contributed by atoms with E-state index in [-0.39, 0.29) is 11.9 Å². The van der Waals surface area contributed by atoms with Gasteiger partial charge in [-0.05, 0) is 38.2 Å². The molecule has 6 heteroatoms. The minimum absolute atomic E-state index is 0.0687. The van der Waals surface area contributed by atoms with E-state index in [4.69, 9.17) is 0 Å². The molecule has 0 N–H and O–H groups in total. The summed E-state index contributed by atoms with van der Waals surface area (Å²) in [5, 5.41) is 4.18. The Bertz CT molecular complexity index is 627. The molecule has 1 fully saturated rings. The van der Waals surface area contributed by atoms with Crippen molar-refractivity contribution in [3.05, 3.63) is 29.6 Å². The number of carbonyl (C=O) groups is 1. The lowest BCUT2D eigenvalue weighted by atomic mass is 9.97. The first-order valence-electron chi connectivity index (χ1n) is 9.30. The second-order valence-corrected chi connectivity index (χ2v) is 7.42. The number of halogens is 1. The molecule has 138 valence electrons. The quantitative estimate of drug-likeness (QED) is 0.742. The van der Waals surface area contributed by atoms with Crippen molar-refractivity contribution in [3.8, 4) is 0 Å². The maximum absolute atomic E-state index is 14.0. The Kier molecular flexibility index (Phi) is 5.89. The molecule has 1 aromatic rings. The monoisotopic (exact) mass is 348 g/mol. The zero-order valence-corrected chi connectivity index (χ0v) is 15.3. The summed E-state index contributed by atoms with van der Waals surface area (Å²) in [6, 6.07) is 2.03. The van der Waals surface area contributed by atoms with Gasteiger partial charge in [0, 0.05) is 52.4 Å². The summed E-state index contributed by atoms with van der Waals surface area (Å²) < 4.78 is 15.8. The van der Waals surface area contributed by atoms with Crippen LogP contribution in [-0.4, -0.2) is 57.8 Å². The van der Waals surface area contributed by atoms with Crippen LogP contribution in [-0.2, 0) is 18.4 Å². The third kappa shape index (κ3) is 4.69. The van der Waals surface area contributed by atoms with E-state index >= 15 is 0 Å². The van der Waals surface area contributed by atoms with E-state index < -0.39 is 6.17 Å². The van der Waals surface area contributed by atoms with E-state index in [1.54, 1.807) is 11.1 Å². The Balaban J connectivity index is 1.56. The summed E-state index contributed by atoms with van der Waals surface area (Å²) in [6.07, 6.45) is 8.74. The molecule has 0 bridgehead atoms. The van der Waals surface area contributed by atoms with Gasteiger partial charge in [0.05, 0.1) is 5.69 Å². The Morgan fingerprint density at radius 2 is 2.28 bits per heavy atom. The number of hydrogen-bond acceptors (Lipinski definition) is 3. The Morgan fingerprint density at radius 1 is 1.44 bits per heavy atom. The van der Waals surface area contributed by atoms with Crippen LogP contribution in [0.15, 0.2) is 23.9 Å². The fourth-order valence-corrected chi connectivity index (χ4v) is 3.88. The van der Waals surface area contributed by atoms with Gasteiger partial charge in [-0.2, -0.15) is 5.10 Å². The fraction of sp³-hybridized carbons (Fsp3) is 0.684. The highest BCUT2D eigenvalue weighted by atomic mass is 19.1. The van der Waals surface area contributed by atoms with E-state index in [0.29, 0.717) is 32.5 Å². The molecule has 0 spiro atoms. The first-order valence-corrected chi connectivity index (χ1v) is 9.30. The van der Waals surface area contributed by atoms with E-state index in [1.165, 1.54) is 18.4 Å². The van der Waals surface area contributed by atoms with Crippen LogP contribution in [0.2, 0.25) is 0 Å². The summed E-state index contributed by atoms with van der Waals surface area (Å²) in [5.74, 6) is 0.149. The maximum Gasteiger partial charge on any atom is 0.226 e. The number of likely N-dealkylation sites (N-methyl/N-ethyl adjacent to an activating group) is 1. The van der Waals surface area contributed by atoms with Crippen LogP contribution in [0, 0.1) is 0 Å². The van der Waals surface area contributed by atoms with Crippen molar-refractivity contribution in [2.45, 2.75) is 57.3 Å². The Labute approximate surface area is 149 Å². The largest absolute Gasteiger partial charge is 0.344 e. The lowest BCUT2D eigenvalue weighted by Gasteiger charge is -2.28. The Hall–Kier alpha value is -1.69. The van der Waals surface area contributed by atoms with Crippen LogP contribution in [0.25, 0.3) is 0 Å². The normalized spacial score (nSPS) is 24.4. The molecule has 1 amide bonds. The minimum Gasteiger partial charge on any atom is -0.344 e. The van der Waals surface area contributed by atoms with Crippen molar-refractivity contribution in [3.63, 3.8) is 0 Å². The average Bonchev–Trinajstić information content (AvgIpc) is 3.14. The lowest BCUT2D eigenvalue weighted by Crippen LogP contribution is -2.41. The molecule has 0 saturated carbocycles. The van der Waals surface area contributed by atoms with Crippen molar-refractivity contribution < 1.29 is 9.18 Å². The molecule has 25 heavy (non-hydrogen) atoms. The smallest absolute Gasteiger partial charge is 0.226 e. The van der Waals surface area contributed by atoms with Crippen molar-refractivity contribution >= 4 is 5.91 Å². The number of amides is 1. The molecule has 1 aromatic heterocycles. The predicted molar refractivity (Wildman–Crippen MR) is 95.7 cm³/mol. The molecule has 0 radical (unpaired) electrons. The zero-order chi connectivity index (χ0) is 17.8. The molecule has 0 unspecified atom stereocenters. The van der Waals surface area contributed by atoms with Crippen LogP contribution in [0.5, 0.6) is 0 Å². The van der Waals surface area contributed by atoms with Crippen molar-refractivity contribution in [1.82, 2.24) is 19.6 Å². The molecule has 5 nitrogen and oxygen atoms in total. The third-order valence-electron chi connectivity index (χ3n) is 5.44. The van der Waals surface area contributed by atoms with Crippen molar-refractivity contribution in [2.75, 3.05) is 20.1 Å². The second-order valence-electron chi connectivity index (χ2n) is 7.42. The third-order valence-corrected chi connectivity index (χ3v) is 5.44. The molecule has 2 aliphatic rings. The predicted octanol–water partition coefficient (Wildman–Crippen LogP) is 2.68. The number of alkyl halides is 1. The van der Waals surface area contributed by atoms with E-state index in [1.807, 2.05) is 24.8 Å². The average molecular weight is 348 g/mol. The van der Waals surface area contributed by atoms with Gasteiger partial charge in [0.15, 0.2) is 0 Å². The number of aromatic nitrogens is 2. The van der Waals surface area contributed by atoms with Gasteiger partial charge in [-0.25, -0.2) is 4.39 Å². The number of nitrogens with zero attached hydrogens (tertiary/aromatic N) is 4. The molecule has 3 rings (SSSR count). The Morgan fingerprint density at radius 3 is 2.96 bits per heavy atom. The molecule has 1 aliphatic carbocycles. The summed E-state index contributed by atoms with van der Waals surface area (Å²) in [4.78, 5) is 16.4. The van der Waals surface area contributed by atoms with Crippen LogP contribution >= 0.6 is 0 Å². The molecule has 1 saturated heterocycles. The van der Waals surface area contributed by atoms with E-state index in [2.05, 4.69) is 16.1 Å². The van der Waals surface area contributed by atoms with Crippen LogP contribution < -0.4 is 0 Å². The van der Waals surface area contributed by atoms with Gasteiger partial charge in [0.25, 0.3) is 0 Å². The van der Waals surface area contributed by atoms with Crippen LogP contribution in [0.4, 0.5) is 4.39 Å². The SMILES string of the molecule is CN(C[C@@H]1C[C@H](F)CN1Cc1ccnn1C)C(=O)CC1=CCCCC1. The standard InChI is InChI=1S/C19H29FN4O/c1-22(19(25)10-15-6-4-3-5-7-15)13-18-11-16(20)12-24(18)14-17-8-9-21-23(17)2/h6,8-9,16,18H,3-5,7,10-14H2,1-2H3/t16-,18-/m0/s1. The molecular weight excluding hydrogens is 319 g/mol. The van der Waals surface area contributed by atoms with Gasteiger partial charge in [-0.1, -0.05) is 11.6 Å². The summed E-state index contributed by atoms with van der Waals surface area (Å²) in [6.45, 7) is 1.70. The summed E-state index contributed by atoms with van der Waals surface area (Å²) in [7, 11) is 3.75. The van der Waals surface area contributed by atoms with E-state index in [9.17, 15) is 9.18 Å². The minimum atomic E-state index is -0.817. The van der Waals surface area contributed by atoms with Gasteiger partial charge in [-0.15, -0.1) is 0 Å². The first kappa shape index (κ1) is 18.1. The maximum atomic E-state index is 14.0. The number of allylic oxidation sites excluding steroid dienone is 1. The van der Waals surface area contributed by atoms with Crippen LogP contribution in [0.1, 0.15) is 44.2 Å². The van der Waals surface area contributed by atoms with Crippen molar-refractivity contribution in [1.29, 1.82) is 0 Å². The first-order chi connectivity index (χ1) is 12.0. The highest BCUT2D eigenvalue weighted by molar-refractivity contribution is 5.78. The molecule has 2 atom stereocenters. The number of aryl methyl sites for hydroxylation is 1. The van der Waals surface area contributed by atoms with E-state index in [0.717, 1.165) is 18.5 Å². The second kappa shape index (κ2) is 8.13. The highest BCUT2D eigenvalue weighted by Gasteiger charge is 2.33. The molecular formula is C19H29FN4O. The van der Waals surface area contributed by atoms with Gasteiger partial charge in [0.2, 0.25) is 5.91 Å². The van der Waals surface area contributed by atoms with Gasteiger partial charge >= 0.3 is 0 Å². The van der Waals surface area contributed by atoms with Gasteiger partial charge in [-0.3, -0.25) is 14.4 Å². The highest BCUT2D eigenvalue weighted by Crippen LogP contribution is 2.24. The number of hydrogen-bond donors (Lipinski definition) is 0. The lowest BCUT2D eigenvalue weighted by molar-refractivity contribution is -0.129. The fourth-order valence-electron chi connectivity index (χ4n) is 3.88. The van der Waals surface area contributed by atoms with Gasteiger partial charge < -0.3 is 4.90 Å². The summed E-state index contributed by atoms with van der Waals surface area (Å²) >= 11 is 0. The zero-order valence-electron chi connectivity index (χ0n) is 15.3. The molecule has 1 aliphatic heterocycles. The number of carbonyl (C=O) groups excluding carboxylic acids is 1. The summed E-state index contributed by atoms with van der Waals surface area (Å²) in [5.41, 5.74) is 2.34.